The Bertz CT molecular complexity index is 1180. The van der Waals surface area contributed by atoms with Gasteiger partial charge >= 0.3 is 0 Å². The Hall–Kier alpha value is -3.11. The topological polar surface area (TPSA) is 46.9 Å². The van der Waals surface area contributed by atoms with Crippen LogP contribution in [0.4, 0.5) is 0 Å². The molecule has 0 saturated carbocycles. The third-order valence-corrected chi connectivity index (χ3v) is 5.67. The highest BCUT2D eigenvalue weighted by molar-refractivity contribution is 6.31. The molecule has 4 aromatic rings. The van der Waals surface area contributed by atoms with Gasteiger partial charge in [-0.2, -0.15) is 0 Å². The van der Waals surface area contributed by atoms with Gasteiger partial charge in [0.05, 0.1) is 17.5 Å². The number of carbonyl (C=O) groups is 1. The van der Waals surface area contributed by atoms with Gasteiger partial charge in [0.25, 0.3) is 0 Å². The second-order valence-corrected chi connectivity index (χ2v) is 7.80. The van der Waals surface area contributed by atoms with Crippen LogP contribution in [0.2, 0.25) is 5.02 Å². The molecule has 1 N–H and O–H groups in total. The Labute approximate surface area is 181 Å². The molecule has 0 bridgehead atoms. The molecule has 152 valence electrons. The molecule has 0 saturated heterocycles. The van der Waals surface area contributed by atoms with Crippen LogP contribution >= 0.6 is 11.6 Å². The first kappa shape index (κ1) is 20.2. The fourth-order valence-corrected chi connectivity index (χ4v) is 3.84. The van der Waals surface area contributed by atoms with Crippen LogP contribution in [0.15, 0.2) is 72.8 Å². The highest BCUT2D eigenvalue weighted by Crippen LogP contribution is 2.20. The minimum Gasteiger partial charge on any atom is -0.355 e. The number of carbonyl (C=O) groups excluding carboxylic acids is 1. The number of nitrogens with zero attached hydrogens (tertiary/aromatic N) is 2. The summed E-state index contributed by atoms with van der Waals surface area (Å²) in [7, 11) is 0. The van der Waals surface area contributed by atoms with Gasteiger partial charge in [0.1, 0.15) is 5.82 Å². The van der Waals surface area contributed by atoms with Crippen LogP contribution in [0.3, 0.4) is 0 Å². The van der Waals surface area contributed by atoms with Crippen molar-refractivity contribution in [2.75, 3.05) is 6.54 Å². The lowest BCUT2D eigenvalue weighted by Gasteiger charge is -2.12. The molecule has 1 aromatic heterocycles. The van der Waals surface area contributed by atoms with Gasteiger partial charge in [-0.05, 0) is 41.8 Å². The number of halogens is 1. The summed E-state index contributed by atoms with van der Waals surface area (Å²) in [5, 5.41) is 3.62. The van der Waals surface area contributed by atoms with Gasteiger partial charge in [-0.3, -0.25) is 4.79 Å². The Balaban J connectivity index is 1.48. The molecule has 3 aromatic carbocycles. The van der Waals surface area contributed by atoms with Crippen LogP contribution in [0.1, 0.15) is 22.5 Å². The van der Waals surface area contributed by atoms with Crippen LogP contribution < -0.4 is 5.32 Å². The van der Waals surface area contributed by atoms with E-state index in [1.807, 2.05) is 36.4 Å². The summed E-state index contributed by atoms with van der Waals surface area (Å²) in [6.07, 6.45) is 0.939. The number of aryl methyl sites for hydroxylation is 1. The quantitative estimate of drug-likeness (QED) is 0.462. The molecule has 1 heterocycles. The van der Waals surface area contributed by atoms with E-state index in [1.54, 1.807) is 6.07 Å². The molecule has 0 aliphatic rings. The Morgan fingerprint density at radius 3 is 2.47 bits per heavy atom. The number of fused-ring (bicyclic) bond motifs is 1. The second kappa shape index (κ2) is 9.14. The predicted molar refractivity (Wildman–Crippen MR) is 122 cm³/mol. The number of hydrogen-bond acceptors (Lipinski definition) is 2. The second-order valence-electron chi connectivity index (χ2n) is 7.40. The fourth-order valence-electron chi connectivity index (χ4n) is 3.64. The van der Waals surface area contributed by atoms with Crippen LogP contribution in [-0.2, 0) is 24.2 Å². The molecule has 0 aliphatic heterocycles. The number of benzene rings is 3. The van der Waals surface area contributed by atoms with Gasteiger partial charge in [-0.15, -0.1) is 0 Å². The molecule has 5 heteroatoms. The summed E-state index contributed by atoms with van der Waals surface area (Å²) < 4.78 is 2.25. The monoisotopic (exact) mass is 417 g/mol. The molecule has 0 atom stereocenters. The molecule has 0 spiro atoms. The third-order valence-electron chi connectivity index (χ3n) is 5.30. The number of hydrogen-bond donors (Lipinski definition) is 1. The number of para-hydroxylation sites is 2. The molecule has 30 heavy (non-hydrogen) atoms. The molecule has 0 unspecified atom stereocenters. The molecule has 0 fully saturated rings. The summed E-state index contributed by atoms with van der Waals surface area (Å²) in [5.41, 5.74) is 5.45. The van der Waals surface area contributed by atoms with Gasteiger partial charge < -0.3 is 9.88 Å². The van der Waals surface area contributed by atoms with Crippen molar-refractivity contribution >= 4 is 28.5 Å². The average molecular weight is 418 g/mol. The normalized spacial score (nSPS) is 11.0. The Morgan fingerprint density at radius 2 is 1.67 bits per heavy atom. The van der Waals surface area contributed by atoms with E-state index in [9.17, 15) is 4.79 Å². The van der Waals surface area contributed by atoms with Crippen LogP contribution in [0.25, 0.3) is 11.0 Å². The van der Waals surface area contributed by atoms with Crippen LogP contribution in [0.5, 0.6) is 0 Å². The van der Waals surface area contributed by atoms with Crippen molar-refractivity contribution in [1.29, 1.82) is 0 Å². The van der Waals surface area contributed by atoms with Gasteiger partial charge in [-0.1, -0.05) is 66.2 Å². The van der Waals surface area contributed by atoms with Gasteiger partial charge in [-0.25, -0.2) is 4.98 Å². The first-order valence-electron chi connectivity index (χ1n) is 10.1. The van der Waals surface area contributed by atoms with E-state index < -0.39 is 0 Å². The van der Waals surface area contributed by atoms with E-state index >= 15 is 0 Å². The minimum absolute atomic E-state index is 0.0373. The van der Waals surface area contributed by atoms with Crippen molar-refractivity contribution in [2.45, 2.75) is 26.3 Å². The summed E-state index contributed by atoms with van der Waals surface area (Å²) in [6.45, 7) is 3.42. The molecular formula is C25H24ClN3O. The van der Waals surface area contributed by atoms with Crippen molar-refractivity contribution in [3.63, 3.8) is 0 Å². The van der Waals surface area contributed by atoms with Crippen molar-refractivity contribution in [2.24, 2.45) is 0 Å². The lowest BCUT2D eigenvalue weighted by molar-refractivity contribution is -0.120. The number of amides is 1. The molecule has 4 nitrogen and oxygen atoms in total. The summed E-state index contributed by atoms with van der Waals surface area (Å²) >= 11 is 6.16. The average Bonchev–Trinajstić information content (AvgIpc) is 3.09. The number of aromatic nitrogens is 2. The Morgan fingerprint density at radius 1 is 0.967 bits per heavy atom. The van der Waals surface area contributed by atoms with Gasteiger partial charge in [0, 0.05) is 24.5 Å². The summed E-state index contributed by atoms with van der Waals surface area (Å²) in [5.74, 6) is 0.933. The maximum absolute atomic E-state index is 12.4. The predicted octanol–water partition coefficient (Wildman–Crippen LogP) is 4.95. The maximum atomic E-state index is 12.4. The lowest BCUT2D eigenvalue weighted by atomic mass is 10.1. The summed E-state index contributed by atoms with van der Waals surface area (Å²) in [6, 6.07) is 24.0. The highest BCUT2D eigenvalue weighted by atomic mass is 35.5. The van der Waals surface area contributed by atoms with Crippen LogP contribution in [0, 0.1) is 6.92 Å². The molecule has 1 amide bonds. The first-order chi connectivity index (χ1) is 14.6. The van der Waals surface area contributed by atoms with E-state index in [4.69, 9.17) is 16.6 Å². The standard InChI is InChI=1S/C25H24ClN3O/c1-18-8-2-3-10-20(18)17-29-23-13-7-6-12-22(23)28-24(29)14-15-27-25(30)16-19-9-4-5-11-21(19)26/h2-13H,14-17H2,1H3,(H,27,30). The van der Waals surface area contributed by atoms with E-state index in [0.29, 0.717) is 18.0 Å². The molecular weight excluding hydrogens is 394 g/mol. The van der Waals surface area contributed by atoms with E-state index in [1.165, 1.54) is 11.1 Å². The molecule has 4 rings (SSSR count). The number of nitrogens with one attached hydrogen (secondary N) is 1. The van der Waals surface area contributed by atoms with Crippen molar-refractivity contribution in [3.05, 3.63) is 100 Å². The van der Waals surface area contributed by atoms with Crippen LogP contribution in [-0.4, -0.2) is 22.0 Å². The number of rotatable bonds is 7. The zero-order valence-corrected chi connectivity index (χ0v) is 17.7. The summed E-state index contributed by atoms with van der Waals surface area (Å²) in [4.78, 5) is 17.2. The zero-order chi connectivity index (χ0) is 20.9. The highest BCUT2D eigenvalue weighted by Gasteiger charge is 2.13. The number of imidazole rings is 1. The van der Waals surface area contributed by atoms with Gasteiger partial charge in [0.15, 0.2) is 0 Å². The van der Waals surface area contributed by atoms with E-state index in [-0.39, 0.29) is 12.3 Å². The fraction of sp³-hybridized carbons (Fsp3) is 0.200. The lowest BCUT2D eigenvalue weighted by Crippen LogP contribution is -2.28. The van der Waals surface area contributed by atoms with E-state index in [0.717, 1.165) is 29.0 Å². The van der Waals surface area contributed by atoms with Crippen molar-refractivity contribution < 1.29 is 4.79 Å². The van der Waals surface area contributed by atoms with Gasteiger partial charge in [0.2, 0.25) is 5.91 Å². The first-order valence-corrected chi connectivity index (χ1v) is 10.5. The molecule has 0 aliphatic carbocycles. The Kier molecular flexibility index (Phi) is 6.15. The largest absolute Gasteiger partial charge is 0.355 e. The smallest absolute Gasteiger partial charge is 0.224 e. The SMILES string of the molecule is Cc1ccccc1Cn1c(CCNC(=O)Cc2ccccc2Cl)nc2ccccc21. The van der Waals surface area contributed by atoms with Crippen molar-refractivity contribution in [1.82, 2.24) is 14.9 Å². The maximum Gasteiger partial charge on any atom is 0.224 e. The third kappa shape index (κ3) is 4.55. The van der Waals surface area contributed by atoms with E-state index in [2.05, 4.69) is 47.1 Å². The van der Waals surface area contributed by atoms with Crippen molar-refractivity contribution in [3.8, 4) is 0 Å². The zero-order valence-electron chi connectivity index (χ0n) is 16.9. The molecule has 0 radical (unpaired) electrons. The minimum atomic E-state index is -0.0373.